The summed E-state index contributed by atoms with van der Waals surface area (Å²) < 4.78 is 0. The van der Waals surface area contributed by atoms with Crippen LogP contribution in [0, 0.1) is 17.0 Å². The van der Waals surface area contributed by atoms with Gasteiger partial charge < -0.3 is 4.98 Å². The van der Waals surface area contributed by atoms with Crippen LogP contribution in [-0.2, 0) is 0 Å². The molecule has 2 aromatic heterocycles. The summed E-state index contributed by atoms with van der Waals surface area (Å²) in [7, 11) is 0. The Morgan fingerprint density at radius 2 is 2.28 bits per heavy atom. The van der Waals surface area contributed by atoms with E-state index in [1.807, 2.05) is 25.1 Å². The van der Waals surface area contributed by atoms with E-state index < -0.39 is 0 Å². The summed E-state index contributed by atoms with van der Waals surface area (Å²) in [6, 6.07) is 5.60. The first-order chi connectivity index (χ1) is 8.66. The summed E-state index contributed by atoms with van der Waals surface area (Å²) in [6.07, 6.45) is 0. The summed E-state index contributed by atoms with van der Waals surface area (Å²) in [5.74, 6) is 0. The second-order valence-electron chi connectivity index (χ2n) is 4.03. The van der Waals surface area contributed by atoms with Crippen molar-refractivity contribution in [3.63, 3.8) is 0 Å². The molecule has 1 N–H and O–H groups in total. The lowest BCUT2D eigenvalue weighted by atomic mass is 10.1. The minimum Gasteiger partial charge on any atom is -0.347 e. The highest BCUT2D eigenvalue weighted by atomic mass is 32.1. The Morgan fingerprint density at radius 3 is 2.94 bits per heavy atom. The van der Waals surface area contributed by atoms with Crippen molar-refractivity contribution in [2.45, 2.75) is 6.92 Å². The molecule has 6 heteroatoms. The lowest BCUT2D eigenvalue weighted by molar-refractivity contribution is -0.382. The predicted molar refractivity (Wildman–Crippen MR) is 70.8 cm³/mol. The van der Waals surface area contributed by atoms with Crippen molar-refractivity contribution < 1.29 is 4.92 Å². The maximum Gasteiger partial charge on any atom is 0.304 e. The fourth-order valence-electron chi connectivity index (χ4n) is 2.00. The van der Waals surface area contributed by atoms with Gasteiger partial charge in [0.2, 0.25) is 0 Å². The maximum atomic E-state index is 11.3. The third-order valence-corrected chi connectivity index (χ3v) is 3.38. The third kappa shape index (κ3) is 1.58. The zero-order valence-electron chi connectivity index (χ0n) is 9.51. The minimum absolute atomic E-state index is 0.0969. The van der Waals surface area contributed by atoms with Crippen molar-refractivity contribution in [1.29, 1.82) is 0 Å². The molecule has 5 nitrogen and oxygen atoms in total. The summed E-state index contributed by atoms with van der Waals surface area (Å²) in [6.45, 7) is 1.92. The summed E-state index contributed by atoms with van der Waals surface area (Å²) in [5, 5.41) is 13.7. The second-order valence-corrected chi connectivity index (χ2v) is 4.75. The molecule has 0 spiro atoms. The number of nitro groups is 1. The summed E-state index contributed by atoms with van der Waals surface area (Å²) in [4.78, 5) is 18.1. The number of nitrogens with zero attached hydrogens (tertiary/aromatic N) is 2. The maximum absolute atomic E-state index is 11.3. The Morgan fingerprint density at radius 1 is 1.44 bits per heavy atom. The quantitative estimate of drug-likeness (QED) is 0.565. The van der Waals surface area contributed by atoms with Gasteiger partial charge >= 0.3 is 5.69 Å². The van der Waals surface area contributed by atoms with E-state index >= 15 is 0 Å². The molecule has 2 heterocycles. The average Bonchev–Trinajstić information content (AvgIpc) is 2.94. The molecule has 3 rings (SSSR count). The van der Waals surface area contributed by atoms with Crippen molar-refractivity contribution in [2.75, 3.05) is 0 Å². The Labute approximate surface area is 106 Å². The lowest BCUT2D eigenvalue weighted by Gasteiger charge is -1.93. The van der Waals surface area contributed by atoms with Gasteiger partial charge in [0.05, 0.1) is 21.3 Å². The molecule has 0 fully saturated rings. The van der Waals surface area contributed by atoms with Gasteiger partial charge in [0.25, 0.3) is 0 Å². The van der Waals surface area contributed by atoms with Crippen molar-refractivity contribution in [1.82, 2.24) is 9.97 Å². The molecule has 0 aliphatic heterocycles. The van der Waals surface area contributed by atoms with Crippen LogP contribution in [0.25, 0.3) is 22.3 Å². The summed E-state index contributed by atoms with van der Waals surface area (Å²) in [5.41, 5.74) is 4.60. The van der Waals surface area contributed by atoms with Crippen LogP contribution in [0.3, 0.4) is 0 Å². The van der Waals surface area contributed by atoms with E-state index in [1.54, 1.807) is 10.9 Å². The summed E-state index contributed by atoms with van der Waals surface area (Å²) >= 11 is 1.41. The topological polar surface area (TPSA) is 71.8 Å². The second kappa shape index (κ2) is 3.92. The minimum atomic E-state index is -0.354. The van der Waals surface area contributed by atoms with E-state index in [0.717, 1.165) is 11.1 Å². The fourth-order valence-corrected chi connectivity index (χ4v) is 2.55. The molecule has 0 unspecified atom stereocenters. The Hall–Kier alpha value is -2.21. The molecule has 90 valence electrons. The molecule has 0 bridgehead atoms. The Bertz CT molecular complexity index is 731. The van der Waals surface area contributed by atoms with Gasteiger partial charge in [-0.3, -0.25) is 10.1 Å². The number of aromatic nitrogens is 2. The highest BCUT2D eigenvalue weighted by Crippen LogP contribution is 2.36. The standard InChI is InChI=1S/C12H9N3O2S/c1-7-2-3-9-8(4-7)12(15(16)17)11(14-9)10-5-18-6-13-10/h2-6,14H,1H3. The molecule has 0 aliphatic rings. The average molecular weight is 259 g/mol. The van der Waals surface area contributed by atoms with Gasteiger partial charge in [-0.15, -0.1) is 11.3 Å². The fraction of sp³-hybridized carbons (Fsp3) is 0.0833. The zero-order valence-corrected chi connectivity index (χ0v) is 10.3. The molecular formula is C12H9N3O2S. The Kier molecular flexibility index (Phi) is 2.38. The molecule has 0 aliphatic carbocycles. The van der Waals surface area contributed by atoms with Crippen LogP contribution in [0.5, 0.6) is 0 Å². The van der Waals surface area contributed by atoms with Crippen molar-refractivity contribution in [2.24, 2.45) is 0 Å². The SMILES string of the molecule is Cc1ccc2[nH]c(-c3cscn3)c([N+](=O)[O-])c2c1. The number of aromatic amines is 1. The first kappa shape index (κ1) is 10.9. The van der Waals surface area contributed by atoms with E-state index in [9.17, 15) is 10.1 Å². The number of fused-ring (bicyclic) bond motifs is 1. The lowest BCUT2D eigenvalue weighted by Crippen LogP contribution is -1.89. The molecular weight excluding hydrogens is 250 g/mol. The Balaban J connectivity index is 2.38. The van der Waals surface area contributed by atoms with Gasteiger partial charge in [-0.05, 0) is 19.1 Å². The molecule has 0 radical (unpaired) electrons. The number of nitrogens with one attached hydrogen (secondary N) is 1. The van der Waals surface area contributed by atoms with Crippen LogP contribution in [0.2, 0.25) is 0 Å². The smallest absolute Gasteiger partial charge is 0.304 e. The van der Waals surface area contributed by atoms with Gasteiger partial charge in [0.1, 0.15) is 11.4 Å². The molecule has 3 aromatic rings. The molecule has 0 amide bonds. The predicted octanol–water partition coefficient (Wildman–Crippen LogP) is 3.51. The van der Waals surface area contributed by atoms with Crippen LogP contribution >= 0.6 is 11.3 Å². The number of hydrogen-bond acceptors (Lipinski definition) is 4. The highest BCUT2D eigenvalue weighted by molar-refractivity contribution is 7.07. The van der Waals surface area contributed by atoms with E-state index in [0.29, 0.717) is 16.8 Å². The van der Waals surface area contributed by atoms with Crippen molar-refractivity contribution >= 4 is 27.9 Å². The number of hydrogen-bond donors (Lipinski definition) is 1. The normalized spacial score (nSPS) is 10.9. The molecule has 0 saturated heterocycles. The van der Waals surface area contributed by atoms with E-state index in [1.165, 1.54) is 11.3 Å². The number of aryl methyl sites for hydroxylation is 1. The number of rotatable bonds is 2. The monoisotopic (exact) mass is 259 g/mol. The van der Waals surface area contributed by atoms with Gasteiger partial charge in [0, 0.05) is 5.38 Å². The first-order valence-corrected chi connectivity index (χ1v) is 6.26. The molecule has 1 aromatic carbocycles. The van der Waals surface area contributed by atoms with Crippen LogP contribution in [0.15, 0.2) is 29.1 Å². The van der Waals surface area contributed by atoms with E-state index in [4.69, 9.17) is 0 Å². The van der Waals surface area contributed by atoms with Gasteiger partial charge in [-0.2, -0.15) is 0 Å². The van der Waals surface area contributed by atoms with Gasteiger partial charge in [-0.1, -0.05) is 11.6 Å². The third-order valence-electron chi connectivity index (χ3n) is 2.80. The van der Waals surface area contributed by atoms with Crippen LogP contribution in [-0.4, -0.2) is 14.9 Å². The number of benzene rings is 1. The van der Waals surface area contributed by atoms with Gasteiger partial charge in [0.15, 0.2) is 0 Å². The van der Waals surface area contributed by atoms with Gasteiger partial charge in [-0.25, -0.2) is 4.98 Å². The first-order valence-electron chi connectivity index (χ1n) is 5.32. The van der Waals surface area contributed by atoms with Crippen molar-refractivity contribution in [3.8, 4) is 11.4 Å². The van der Waals surface area contributed by atoms with Crippen molar-refractivity contribution in [3.05, 3.63) is 44.8 Å². The van der Waals surface area contributed by atoms with E-state index in [2.05, 4.69) is 9.97 Å². The van der Waals surface area contributed by atoms with Crippen LogP contribution in [0.4, 0.5) is 5.69 Å². The highest BCUT2D eigenvalue weighted by Gasteiger charge is 2.23. The number of H-pyrrole nitrogens is 1. The zero-order chi connectivity index (χ0) is 12.7. The molecule has 18 heavy (non-hydrogen) atoms. The largest absolute Gasteiger partial charge is 0.347 e. The molecule has 0 saturated carbocycles. The molecule has 0 atom stereocenters. The van der Waals surface area contributed by atoms with Crippen LogP contribution in [0.1, 0.15) is 5.56 Å². The van der Waals surface area contributed by atoms with E-state index in [-0.39, 0.29) is 10.6 Å². The van der Waals surface area contributed by atoms with Crippen LogP contribution < -0.4 is 0 Å². The number of thiazole rings is 1.